The Morgan fingerprint density at radius 1 is 0.413 bits per heavy atom. The maximum absolute atomic E-state index is 7.10. The van der Waals surface area contributed by atoms with Crippen LogP contribution in [0.3, 0.4) is 0 Å². The minimum atomic E-state index is -2.96. The van der Waals surface area contributed by atoms with Crippen LogP contribution in [0.5, 0.6) is 0 Å². The van der Waals surface area contributed by atoms with Gasteiger partial charge in [-0.15, -0.1) is 0 Å². The number of rotatable bonds is 23. The van der Waals surface area contributed by atoms with Gasteiger partial charge in [-0.25, -0.2) is 0 Å². The van der Waals surface area contributed by atoms with Gasteiger partial charge in [-0.1, -0.05) is 99.2 Å². The topological polar surface area (TPSA) is 55.4 Å². The summed E-state index contributed by atoms with van der Waals surface area (Å²) < 4.78 is 41.0. The Bertz CT molecular complexity index is 999. The molecule has 0 unspecified atom stereocenters. The number of unbranched alkanes of at least 4 members (excludes halogenated alkanes) is 5. The van der Waals surface area contributed by atoms with Gasteiger partial charge < -0.3 is 24.7 Å². The fraction of sp³-hybridized carbons (Fsp3) is 0.625. The molecular weight excluding hydrogens is 705 g/mol. The van der Waals surface area contributed by atoms with Crippen LogP contribution in [-0.2, 0) is 24.7 Å². The van der Waals surface area contributed by atoms with E-state index in [0.717, 1.165) is 22.5 Å². The Labute approximate surface area is 293 Å². The third-order valence-corrected chi connectivity index (χ3v) is 29.8. The minimum Gasteiger partial charge on any atom is -0.413 e. The highest BCUT2D eigenvalue weighted by atomic mass is 28.5. The molecule has 6 nitrogen and oxygen atoms in total. The van der Waals surface area contributed by atoms with Crippen LogP contribution in [0.4, 0.5) is 0 Å². The Morgan fingerprint density at radius 2 is 0.674 bits per heavy atom. The molecule has 0 aromatic heterocycles. The second kappa shape index (κ2) is 20.0. The van der Waals surface area contributed by atoms with E-state index < -0.39 is 70.4 Å². The van der Waals surface area contributed by atoms with E-state index in [4.69, 9.17) is 24.7 Å². The van der Waals surface area contributed by atoms with Crippen LogP contribution in [0, 0.1) is 0 Å². The van der Waals surface area contributed by atoms with Crippen LogP contribution >= 0.6 is 0 Å². The molecule has 2 aromatic carbocycles. The second-order valence-corrected chi connectivity index (χ2v) is 37.8. The molecule has 0 aliphatic rings. The zero-order valence-electron chi connectivity index (χ0n) is 30.9. The maximum atomic E-state index is 7.10. The van der Waals surface area contributed by atoms with Gasteiger partial charge in [0.1, 0.15) is 0 Å². The molecule has 14 heteroatoms. The van der Waals surface area contributed by atoms with E-state index in [1.807, 2.05) is 0 Å². The Morgan fingerprint density at radius 3 is 0.935 bits per heavy atom. The van der Waals surface area contributed by atoms with Crippen molar-refractivity contribution in [3.8, 4) is 0 Å². The standard InChI is InChI=1S/C32H62O6Si8/c1-39(2)33-45(34-40(3)4,31-25-19-17-20-26-31)37-43(9,10)29-23-15-13-14-16-24-30-44(11,12)38-46(35-41(5)6,36-42(7)8)32-27-21-18-22-28-32/h17-22,25-28H,13-16,23-24,29-30H2,1-12H3. The van der Waals surface area contributed by atoms with Crippen molar-refractivity contribution in [3.63, 3.8) is 0 Å². The number of hydrogen-bond donors (Lipinski definition) is 0. The molecule has 0 saturated heterocycles. The van der Waals surface area contributed by atoms with Gasteiger partial charge in [-0.3, -0.25) is 0 Å². The molecule has 2 aromatic rings. The van der Waals surface area contributed by atoms with Crippen LogP contribution in [0.15, 0.2) is 60.7 Å². The lowest BCUT2D eigenvalue weighted by molar-refractivity contribution is 0.280. The van der Waals surface area contributed by atoms with Crippen molar-refractivity contribution in [1.82, 2.24) is 0 Å². The molecule has 0 amide bonds. The predicted octanol–water partition coefficient (Wildman–Crippen LogP) is 8.53. The average Bonchev–Trinajstić information content (AvgIpc) is 2.93. The fourth-order valence-electron chi connectivity index (χ4n) is 5.48. The summed E-state index contributed by atoms with van der Waals surface area (Å²) in [4.78, 5) is 0. The highest BCUT2D eigenvalue weighted by Crippen LogP contribution is 2.27. The molecule has 0 fully saturated rings. The van der Waals surface area contributed by atoms with Crippen LogP contribution < -0.4 is 10.4 Å². The summed E-state index contributed by atoms with van der Waals surface area (Å²) in [5, 5.41) is 2.23. The Kier molecular flexibility index (Phi) is 18.3. The van der Waals surface area contributed by atoms with E-state index in [0.29, 0.717) is 0 Å². The van der Waals surface area contributed by atoms with Crippen molar-refractivity contribution < 1.29 is 24.7 Å². The van der Waals surface area contributed by atoms with Gasteiger partial charge in [0.15, 0.2) is 52.8 Å². The minimum absolute atomic E-state index is 1.00. The third-order valence-electron chi connectivity index (χ3n) is 7.24. The second-order valence-electron chi connectivity index (χ2n) is 14.2. The van der Waals surface area contributed by atoms with Crippen LogP contribution in [-0.4, -0.2) is 70.4 Å². The van der Waals surface area contributed by atoms with Gasteiger partial charge in [0.05, 0.1) is 0 Å². The van der Waals surface area contributed by atoms with Gasteiger partial charge in [0.2, 0.25) is 0 Å². The van der Waals surface area contributed by atoms with Gasteiger partial charge in [-0.05, 0) is 90.7 Å². The van der Waals surface area contributed by atoms with E-state index in [1.165, 1.54) is 38.5 Å². The molecular formula is C32H62O6Si8. The molecule has 0 aliphatic heterocycles. The first-order chi connectivity index (χ1) is 21.5. The van der Waals surface area contributed by atoms with Crippen molar-refractivity contribution in [1.29, 1.82) is 0 Å². The summed E-state index contributed by atoms with van der Waals surface area (Å²) in [7, 11) is -14.0. The zero-order chi connectivity index (χ0) is 34.4. The normalized spacial score (nSPS) is 13.5. The highest BCUT2D eigenvalue weighted by Gasteiger charge is 2.50. The summed E-state index contributed by atoms with van der Waals surface area (Å²) >= 11 is 0. The van der Waals surface area contributed by atoms with E-state index in [1.54, 1.807) is 0 Å². The lowest BCUT2D eigenvalue weighted by atomic mass is 10.1. The van der Waals surface area contributed by atoms with Crippen LogP contribution in [0.2, 0.25) is 90.7 Å². The van der Waals surface area contributed by atoms with E-state index in [-0.39, 0.29) is 0 Å². The highest BCUT2D eigenvalue weighted by molar-refractivity contribution is 6.92. The molecule has 0 aliphatic carbocycles. The van der Waals surface area contributed by atoms with Gasteiger partial charge in [0, 0.05) is 10.4 Å². The van der Waals surface area contributed by atoms with Crippen LogP contribution in [0.1, 0.15) is 38.5 Å². The Balaban J connectivity index is 1.90. The van der Waals surface area contributed by atoms with Crippen LogP contribution in [0.25, 0.3) is 0 Å². The summed E-state index contributed by atoms with van der Waals surface area (Å²) in [5.41, 5.74) is 0. The lowest BCUT2D eigenvalue weighted by Gasteiger charge is -2.39. The summed E-state index contributed by atoms with van der Waals surface area (Å²) in [5.74, 6) is 0. The molecule has 0 bridgehead atoms. The zero-order valence-corrected chi connectivity index (χ0v) is 38.9. The smallest absolute Gasteiger partial charge is 0.413 e. The molecule has 2 rings (SSSR count). The third kappa shape index (κ3) is 15.2. The van der Waals surface area contributed by atoms with Gasteiger partial charge in [0.25, 0.3) is 0 Å². The van der Waals surface area contributed by atoms with E-state index in [2.05, 4.69) is 139 Å². The van der Waals surface area contributed by atoms with Crippen molar-refractivity contribution in [2.24, 2.45) is 0 Å². The molecule has 0 atom stereocenters. The summed E-state index contributed by atoms with van der Waals surface area (Å²) in [6, 6.07) is 23.2. The van der Waals surface area contributed by atoms with Crippen molar-refractivity contribution in [3.05, 3.63) is 60.7 Å². The van der Waals surface area contributed by atoms with Crippen molar-refractivity contribution >= 4 is 80.8 Å². The molecule has 0 spiro atoms. The average molecular weight is 768 g/mol. The molecule has 46 heavy (non-hydrogen) atoms. The van der Waals surface area contributed by atoms with E-state index >= 15 is 0 Å². The first-order valence-electron chi connectivity index (χ1n) is 17.0. The fourth-order valence-corrected chi connectivity index (χ4v) is 30.2. The summed E-state index contributed by atoms with van der Waals surface area (Å²) in [6.07, 6.45) is 7.41. The SMILES string of the molecule is C[Si](C)O[Si](O[Si](C)C)(O[Si](C)(C)CCCCCCCC[Si](C)(C)O[Si](O[Si](C)C)(O[Si](C)C)c1ccccc1)c1ccccc1. The molecule has 0 saturated carbocycles. The largest absolute Gasteiger partial charge is 0.505 e. The monoisotopic (exact) mass is 766 g/mol. The first kappa shape index (κ1) is 42.1. The number of hydrogen-bond acceptors (Lipinski definition) is 6. The van der Waals surface area contributed by atoms with Crippen molar-refractivity contribution in [2.75, 3.05) is 0 Å². The summed E-state index contributed by atoms with van der Waals surface area (Å²) in [6.45, 7) is 26.9. The molecule has 258 valence electrons. The van der Waals surface area contributed by atoms with Gasteiger partial charge in [-0.2, -0.15) is 0 Å². The lowest BCUT2D eigenvalue weighted by Crippen LogP contribution is -2.64. The van der Waals surface area contributed by atoms with E-state index in [9.17, 15) is 0 Å². The predicted molar refractivity (Wildman–Crippen MR) is 212 cm³/mol. The molecule has 4 radical (unpaired) electrons. The molecule has 0 heterocycles. The van der Waals surface area contributed by atoms with Gasteiger partial charge >= 0.3 is 17.6 Å². The number of benzene rings is 2. The quantitative estimate of drug-likeness (QED) is 0.0836. The first-order valence-corrected chi connectivity index (χ1v) is 36.3. The maximum Gasteiger partial charge on any atom is 0.505 e. The van der Waals surface area contributed by atoms with Crippen molar-refractivity contribution in [2.45, 2.75) is 129 Å². The molecule has 0 N–H and O–H groups in total. The Hall–Kier alpha value is -0.0649.